The molecule has 0 bridgehead atoms. The Morgan fingerprint density at radius 1 is 1.10 bits per heavy atom. The van der Waals surface area contributed by atoms with E-state index in [1.165, 1.54) is 0 Å². The molecular formula is C18H26N2O. The lowest BCUT2D eigenvalue weighted by molar-refractivity contribution is 0.237. The summed E-state index contributed by atoms with van der Waals surface area (Å²) in [6.45, 7) is 13.5. The fraction of sp³-hybridized carbons (Fsp3) is 0.556. The molecule has 0 aromatic heterocycles. The molecule has 0 N–H and O–H groups in total. The van der Waals surface area contributed by atoms with Gasteiger partial charge in [-0.25, -0.2) is 4.99 Å². The molecule has 1 aliphatic rings. The summed E-state index contributed by atoms with van der Waals surface area (Å²) in [5.74, 6) is 0.677. The van der Waals surface area contributed by atoms with Crippen LogP contribution in [0.2, 0.25) is 0 Å². The largest absolute Gasteiger partial charge is 0.474 e. The second kappa shape index (κ2) is 5.63. The number of aliphatic imine (C=N–C) groups is 2. The number of rotatable bonds is 2. The van der Waals surface area contributed by atoms with Crippen molar-refractivity contribution in [2.75, 3.05) is 6.61 Å². The van der Waals surface area contributed by atoms with Gasteiger partial charge < -0.3 is 4.74 Å². The standard InChI is InChI=1S/C18H26N2O/c1-17(2,3)14-12-21-16(19-14)15(20-18(4,5)6)13-10-8-7-9-11-13/h7-11,14H,12H2,1-6H3/b20-15+/t14-/m1/s1. The lowest BCUT2D eigenvalue weighted by atomic mass is 9.88. The van der Waals surface area contributed by atoms with Gasteiger partial charge in [0, 0.05) is 5.56 Å². The van der Waals surface area contributed by atoms with Crippen LogP contribution in [0, 0.1) is 5.41 Å². The molecule has 1 aromatic carbocycles. The van der Waals surface area contributed by atoms with Crippen LogP contribution in [0.1, 0.15) is 47.1 Å². The highest BCUT2D eigenvalue weighted by atomic mass is 16.5. The molecule has 3 heteroatoms. The monoisotopic (exact) mass is 286 g/mol. The third-order valence-corrected chi connectivity index (χ3v) is 3.35. The molecule has 0 radical (unpaired) electrons. The van der Waals surface area contributed by atoms with E-state index in [1.807, 2.05) is 18.2 Å². The average molecular weight is 286 g/mol. The third kappa shape index (κ3) is 4.16. The number of ether oxygens (including phenoxy) is 1. The minimum absolute atomic E-state index is 0.102. The Morgan fingerprint density at radius 2 is 1.71 bits per heavy atom. The fourth-order valence-corrected chi connectivity index (χ4v) is 2.11. The molecule has 0 fully saturated rings. The molecule has 0 saturated heterocycles. The Labute approximate surface area is 128 Å². The van der Waals surface area contributed by atoms with Crippen LogP contribution in [0.15, 0.2) is 40.3 Å². The van der Waals surface area contributed by atoms with Crippen molar-refractivity contribution in [3.05, 3.63) is 35.9 Å². The summed E-state index contributed by atoms with van der Waals surface area (Å²) >= 11 is 0. The Morgan fingerprint density at radius 3 is 2.19 bits per heavy atom. The highest BCUT2D eigenvalue weighted by molar-refractivity contribution is 6.45. The van der Waals surface area contributed by atoms with E-state index in [2.05, 4.69) is 53.7 Å². The number of hydrogen-bond donors (Lipinski definition) is 0. The van der Waals surface area contributed by atoms with Gasteiger partial charge in [0.1, 0.15) is 12.3 Å². The van der Waals surface area contributed by atoms with Gasteiger partial charge in [0.2, 0.25) is 5.90 Å². The third-order valence-electron chi connectivity index (χ3n) is 3.35. The maximum absolute atomic E-state index is 5.87. The molecule has 0 saturated carbocycles. The molecule has 0 unspecified atom stereocenters. The quantitative estimate of drug-likeness (QED) is 0.753. The van der Waals surface area contributed by atoms with Gasteiger partial charge in [-0.05, 0) is 26.2 Å². The van der Waals surface area contributed by atoms with Crippen molar-refractivity contribution in [2.24, 2.45) is 15.4 Å². The topological polar surface area (TPSA) is 34.0 Å². The van der Waals surface area contributed by atoms with Gasteiger partial charge in [-0.15, -0.1) is 0 Å². The Balaban J connectivity index is 2.41. The summed E-state index contributed by atoms with van der Waals surface area (Å²) in [6, 6.07) is 10.3. The molecule has 1 heterocycles. The van der Waals surface area contributed by atoms with E-state index in [-0.39, 0.29) is 17.0 Å². The summed E-state index contributed by atoms with van der Waals surface area (Å²) in [5, 5.41) is 0. The zero-order chi connectivity index (χ0) is 15.7. The highest BCUT2D eigenvalue weighted by Gasteiger charge is 2.32. The predicted molar refractivity (Wildman–Crippen MR) is 89.4 cm³/mol. The van der Waals surface area contributed by atoms with Gasteiger partial charge in [0.15, 0.2) is 0 Å². The lowest BCUT2D eigenvalue weighted by Gasteiger charge is -2.21. The molecule has 0 aliphatic carbocycles. The van der Waals surface area contributed by atoms with Gasteiger partial charge in [-0.1, -0.05) is 51.1 Å². The summed E-state index contributed by atoms with van der Waals surface area (Å²) in [7, 11) is 0. The molecule has 21 heavy (non-hydrogen) atoms. The van der Waals surface area contributed by atoms with E-state index in [1.54, 1.807) is 0 Å². The molecule has 0 spiro atoms. The van der Waals surface area contributed by atoms with E-state index in [4.69, 9.17) is 14.7 Å². The van der Waals surface area contributed by atoms with Crippen molar-refractivity contribution >= 4 is 11.6 Å². The molecule has 1 aliphatic heterocycles. The Hall–Kier alpha value is -1.64. The fourth-order valence-electron chi connectivity index (χ4n) is 2.11. The van der Waals surface area contributed by atoms with Gasteiger partial charge in [-0.3, -0.25) is 4.99 Å². The molecule has 114 valence electrons. The van der Waals surface area contributed by atoms with Crippen LogP contribution in [0.3, 0.4) is 0 Å². The smallest absolute Gasteiger partial charge is 0.235 e. The molecule has 1 aromatic rings. The zero-order valence-corrected chi connectivity index (χ0v) is 14.0. The van der Waals surface area contributed by atoms with Crippen LogP contribution < -0.4 is 0 Å². The van der Waals surface area contributed by atoms with Crippen LogP contribution >= 0.6 is 0 Å². The summed E-state index contributed by atoms with van der Waals surface area (Å²) in [6.07, 6.45) is 0. The van der Waals surface area contributed by atoms with E-state index in [9.17, 15) is 0 Å². The predicted octanol–water partition coefficient (Wildman–Crippen LogP) is 4.12. The van der Waals surface area contributed by atoms with Crippen molar-refractivity contribution in [3.8, 4) is 0 Å². The van der Waals surface area contributed by atoms with E-state index < -0.39 is 0 Å². The first-order valence-corrected chi connectivity index (χ1v) is 7.53. The van der Waals surface area contributed by atoms with Crippen LogP contribution in [-0.2, 0) is 4.74 Å². The zero-order valence-electron chi connectivity index (χ0n) is 14.0. The van der Waals surface area contributed by atoms with E-state index >= 15 is 0 Å². The summed E-state index contributed by atoms with van der Waals surface area (Å²) in [5.41, 5.74) is 1.85. The molecule has 3 nitrogen and oxygen atoms in total. The van der Waals surface area contributed by atoms with Crippen molar-refractivity contribution in [3.63, 3.8) is 0 Å². The van der Waals surface area contributed by atoms with Crippen LogP contribution in [-0.4, -0.2) is 29.8 Å². The first kappa shape index (κ1) is 15.7. The van der Waals surface area contributed by atoms with Gasteiger partial charge in [-0.2, -0.15) is 0 Å². The average Bonchev–Trinajstić information content (AvgIpc) is 2.85. The lowest BCUT2D eigenvalue weighted by Crippen LogP contribution is -2.25. The molecular weight excluding hydrogens is 260 g/mol. The Bertz CT molecular complexity index is 545. The maximum atomic E-state index is 5.87. The number of benzene rings is 1. The summed E-state index contributed by atoms with van der Waals surface area (Å²) in [4.78, 5) is 9.62. The van der Waals surface area contributed by atoms with Crippen LogP contribution in [0.4, 0.5) is 0 Å². The minimum atomic E-state index is -0.170. The van der Waals surface area contributed by atoms with Crippen molar-refractivity contribution in [1.29, 1.82) is 0 Å². The highest BCUT2D eigenvalue weighted by Crippen LogP contribution is 2.27. The SMILES string of the molecule is CC(C)(C)/N=C(/C1=N[C@@H](C(C)(C)C)CO1)c1ccccc1. The Kier molecular flexibility index (Phi) is 4.22. The van der Waals surface area contributed by atoms with Gasteiger partial charge in [0.05, 0.1) is 11.6 Å². The minimum Gasteiger partial charge on any atom is -0.474 e. The molecule has 2 rings (SSSR count). The van der Waals surface area contributed by atoms with E-state index in [0.29, 0.717) is 12.5 Å². The maximum Gasteiger partial charge on any atom is 0.235 e. The number of hydrogen-bond acceptors (Lipinski definition) is 3. The second-order valence-electron chi connectivity index (χ2n) is 7.62. The van der Waals surface area contributed by atoms with E-state index in [0.717, 1.165) is 11.3 Å². The normalized spacial score (nSPS) is 20.2. The van der Waals surface area contributed by atoms with Crippen molar-refractivity contribution < 1.29 is 4.74 Å². The molecule has 1 atom stereocenters. The molecule has 0 amide bonds. The van der Waals surface area contributed by atoms with Gasteiger partial charge >= 0.3 is 0 Å². The number of nitrogens with zero attached hydrogens (tertiary/aromatic N) is 2. The summed E-state index contributed by atoms with van der Waals surface area (Å²) < 4.78 is 5.87. The first-order chi connectivity index (χ1) is 9.67. The van der Waals surface area contributed by atoms with Crippen molar-refractivity contribution in [1.82, 2.24) is 0 Å². The first-order valence-electron chi connectivity index (χ1n) is 7.53. The van der Waals surface area contributed by atoms with Crippen molar-refractivity contribution in [2.45, 2.75) is 53.1 Å². The van der Waals surface area contributed by atoms with Crippen LogP contribution in [0.25, 0.3) is 0 Å². The second-order valence-corrected chi connectivity index (χ2v) is 7.62. The van der Waals surface area contributed by atoms with Gasteiger partial charge in [0.25, 0.3) is 0 Å². The van der Waals surface area contributed by atoms with Crippen LogP contribution in [0.5, 0.6) is 0 Å².